The van der Waals surface area contributed by atoms with Gasteiger partial charge in [0, 0.05) is 51.3 Å². The lowest BCUT2D eigenvalue weighted by atomic mass is 10.1. The smallest absolute Gasteiger partial charge is 0.255 e. The third-order valence-electron chi connectivity index (χ3n) is 5.68. The summed E-state index contributed by atoms with van der Waals surface area (Å²) in [5.41, 5.74) is 3.06. The Hall–Kier alpha value is -2.25. The number of morpholine rings is 1. The van der Waals surface area contributed by atoms with E-state index in [9.17, 15) is 4.79 Å². The van der Waals surface area contributed by atoms with Gasteiger partial charge in [0.1, 0.15) is 11.6 Å². The summed E-state index contributed by atoms with van der Waals surface area (Å²) in [6, 6.07) is 4.24. The Morgan fingerprint density at radius 3 is 2.78 bits per heavy atom. The SMILES string of the molecule is O=c1[nH]c(C2CC2)nc2c1CN(Cc1ccc(N3CCOCC3)nc1)CC2. The lowest BCUT2D eigenvalue weighted by Crippen LogP contribution is -2.37. The third-order valence-corrected chi connectivity index (χ3v) is 5.68. The van der Waals surface area contributed by atoms with Crippen molar-refractivity contribution in [2.45, 2.75) is 38.3 Å². The molecule has 2 aromatic heterocycles. The molecule has 5 rings (SSSR count). The Labute approximate surface area is 158 Å². The summed E-state index contributed by atoms with van der Waals surface area (Å²) in [6.45, 7) is 5.72. The van der Waals surface area contributed by atoms with Gasteiger partial charge in [0.25, 0.3) is 5.56 Å². The van der Waals surface area contributed by atoms with Crippen molar-refractivity contribution in [1.82, 2.24) is 19.9 Å². The fraction of sp³-hybridized carbons (Fsp3) is 0.550. The van der Waals surface area contributed by atoms with Crippen LogP contribution in [0.3, 0.4) is 0 Å². The van der Waals surface area contributed by atoms with Crippen LogP contribution in [0.2, 0.25) is 0 Å². The second-order valence-corrected chi connectivity index (χ2v) is 7.74. The van der Waals surface area contributed by atoms with Crippen molar-refractivity contribution in [2.75, 3.05) is 37.7 Å². The van der Waals surface area contributed by atoms with Gasteiger partial charge in [-0.15, -0.1) is 0 Å². The lowest BCUT2D eigenvalue weighted by Gasteiger charge is -2.29. The van der Waals surface area contributed by atoms with Crippen molar-refractivity contribution in [3.63, 3.8) is 0 Å². The van der Waals surface area contributed by atoms with E-state index in [1.54, 1.807) is 0 Å². The molecule has 7 heteroatoms. The molecule has 0 amide bonds. The molecule has 1 saturated heterocycles. The van der Waals surface area contributed by atoms with Crippen LogP contribution in [0.4, 0.5) is 5.82 Å². The number of rotatable bonds is 4. The van der Waals surface area contributed by atoms with Gasteiger partial charge in [-0.3, -0.25) is 9.69 Å². The molecule has 3 aliphatic rings. The fourth-order valence-corrected chi connectivity index (χ4v) is 3.93. The number of nitrogens with zero attached hydrogens (tertiary/aromatic N) is 4. The average molecular weight is 367 g/mol. The second-order valence-electron chi connectivity index (χ2n) is 7.74. The molecule has 0 radical (unpaired) electrons. The minimum atomic E-state index is 0.0485. The zero-order chi connectivity index (χ0) is 18.2. The summed E-state index contributed by atoms with van der Waals surface area (Å²) in [7, 11) is 0. The summed E-state index contributed by atoms with van der Waals surface area (Å²) >= 11 is 0. The number of hydrogen-bond acceptors (Lipinski definition) is 6. The fourth-order valence-electron chi connectivity index (χ4n) is 3.93. The molecule has 1 aliphatic carbocycles. The molecule has 2 fully saturated rings. The van der Waals surface area contributed by atoms with Crippen molar-refractivity contribution in [3.05, 3.63) is 51.3 Å². The molecular formula is C20H25N5O2. The first-order valence-electron chi connectivity index (χ1n) is 9.88. The number of nitrogens with one attached hydrogen (secondary N) is 1. The van der Waals surface area contributed by atoms with Crippen molar-refractivity contribution < 1.29 is 4.74 Å². The van der Waals surface area contributed by atoms with E-state index in [4.69, 9.17) is 9.72 Å². The van der Waals surface area contributed by atoms with E-state index >= 15 is 0 Å². The second kappa shape index (κ2) is 7.05. The van der Waals surface area contributed by atoms with Gasteiger partial charge in [-0.05, 0) is 24.5 Å². The minimum absolute atomic E-state index is 0.0485. The Balaban J connectivity index is 1.26. The molecule has 7 nitrogen and oxygen atoms in total. The van der Waals surface area contributed by atoms with Gasteiger partial charge in [0.2, 0.25) is 0 Å². The molecule has 0 unspecified atom stereocenters. The van der Waals surface area contributed by atoms with E-state index in [0.29, 0.717) is 12.5 Å². The van der Waals surface area contributed by atoms with E-state index in [-0.39, 0.29) is 5.56 Å². The maximum Gasteiger partial charge on any atom is 0.255 e. The zero-order valence-corrected chi connectivity index (χ0v) is 15.5. The van der Waals surface area contributed by atoms with Gasteiger partial charge in [-0.25, -0.2) is 9.97 Å². The van der Waals surface area contributed by atoms with Crippen LogP contribution in [-0.2, 0) is 24.2 Å². The monoisotopic (exact) mass is 367 g/mol. The third kappa shape index (κ3) is 3.61. The number of ether oxygens (including phenoxy) is 1. The highest BCUT2D eigenvalue weighted by atomic mass is 16.5. The molecule has 0 spiro atoms. The van der Waals surface area contributed by atoms with Crippen LogP contribution < -0.4 is 10.5 Å². The molecule has 1 saturated carbocycles. The standard InChI is InChI=1S/C20H25N5O2/c26-20-16-13-24(6-5-17(16)22-19(23-20)15-2-3-15)12-14-1-4-18(21-11-14)25-7-9-27-10-8-25/h1,4,11,15H,2-3,5-10,12-13H2,(H,22,23,26). The van der Waals surface area contributed by atoms with Gasteiger partial charge in [-0.2, -0.15) is 0 Å². The quantitative estimate of drug-likeness (QED) is 0.881. The van der Waals surface area contributed by atoms with Crippen LogP contribution in [0.5, 0.6) is 0 Å². The summed E-state index contributed by atoms with van der Waals surface area (Å²) in [5, 5.41) is 0. The molecular weight excluding hydrogens is 342 g/mol. The lowest BCUT2D eigenvalue weighted by molar-refractivity contribution is 0.122. The van der Waals surface area contributed by atoms with Crippen LogP contribution in [0.25, 0.3) is 0 Å². The highest BCUT2D eigenvalue weighted by Crippen LogP contribution is 2.37. The number of aromatic nitrogens is 3. The zero-order valence-electron chi connectivity index (χ0n) is 15.5. The molecule has 0 bridgehead atoms. The number of anilines is 1. The van der Waals surface area contributed by atoms with E-state index in [2.05, 4.69) is 31.9 Å². The van der Waals surface area contributed by atoms with Gasteiger partial charge in [0.15, 0.2) is 0 Å². The minimum Gasteiger partial charge on any atom is -0.378 e. The molecule has 2 aromatic rings. The van der Waals surface area contributed by atoms with Crippen LogP contribution in [-0.4, -0.2) is 52.7 Å². The highest BCUT2D eigenvalue weighted by molar-refractivity contribution is 5.39. The first kappa shape index (κ1) is 16.9. The Kier molecular flexibility index (Phi) is 4.41. The Morgan fingerprint density at radius 2 is 2.04 bits per heavy atom. The van der Waals surface area contributed by atoms with Crippen LogP contribution in [0, 0.1) is 0 Å². The van der Waals surface area contributed by atoms with Crippen LogP contribution in [0.1, 0.15) is 41.4 Å². The molecule has 142 valence electrons. The number of aromatic amines is 1. The molecule has 4 heterocycles. The summed E-state index contributed by atoms with van der Waals surface area (Å²) in [4.78, 5) is 29.4. The van der Waals surface area contributed by atoms with Crippen molar-refractivity contribution >= 4 is 5.82 Å². The molecule has 1 N–H and O–H groups in total. The number of hydrogen-bond donors (Lipinski definition) is 1. The number of H-pyrrole nitrogens is 1. The van der Waals surface area contributed by atoms with Crippen LogP contribution >= 0.6 is 0 Å². The van der Waals surface area contributed by atoms with Gasteiger partial charge in [-0.1, -0.05) is 6.07 Å². The van der Waals surface area contributed by atoms with Gasteiger partial charge >= 0.3 is 0 Å². The Morgan fingerprint density at radius 1 is 1.19 bits per heavy atom. The van der Waals surface area contributed by atoms with Gasteiger partial charge in [0.05, 0.1) is 24.5 Å². The molecule has 0 atom stereocenters. The van der Waals surface area contributed by atoms with Crippen molar-refractivity contribution in [1.29, 1.82) is 0 Å². The summed E-state index contributed by atoms with van der Waals surface area (Å²) in [5.74, 6) is 2.39. The van der Waals surface area contributed by atoms with E-state index in [0.717, 1.165) is 81.6 Å². The summed E-state index contributed by atoms with van der Waals surface area (Å²) < 4.78 is 5.40. The maximum absolute atomic E-state index is 12.5. The maximum atomic E-state index is 12.5. The van der Waals surface area contributed by atoms with Crippen molar-refractivity contribution in [2.24, 2.45) is 0 Å². The highest BCUT2D eigenvalue weighted by Gasteiger charge is 2.29. The molecule has 0 aromatic carbocycles. The topological polar surface area (TPSA) is 74.4 Å². The van der Waals surface area contributed by atoms with E-state index < -0.39 is 0 Å². The first-order chi connectivity index (χ1) is 13.3. The predicted molar refractivity (Wildman–Crippen MR) is 102 cm³/mol. The first-order valence-corrected chi connectivity index (χ1v) is 9.88. The Bertz CT molecular complexity index is 869. The number of pyridine rings is 1. The van der Waals surface area contributed by atoms with E-state index in [1.807, 2.05) is 6.20 Å². The van der Waals surface area contributed by atoms with Crippen LogP contribution in [0.15, 0.2) is 23.1 Å². The van der Waals surface area contributed by atoms with Crippen molar-refractivity contribution in [3.8, 4) is 0 Å². The normalized spacial score (nSPS) is 20.5. The summed E-state index contributed by atoms with van der Waals surface area (Å²) in [6.07, 6.45) is 5.11. The number of fused-ring (bicyclic) bond motifs is 1. The molecule has 27 heavy (non-hydrogen) atoms. The largest absolute Gasteiger partial charge is 0.378 e. The average Bonchev–Trinajstić information content (AvgIpc) is 3.55. The predicted octanol–water partition coefficient (Wildman–Crippen LogP) is 1.44. The van der Waals surface area contributed by atoms with E-state index in [1.165, 1.54) is 5.56 Å². The van der Waals surface area contributed by atoms with Gasteiger partial charge < -0.3 is 14.6 Å². The molecule has 2 aliphatic heterocycles.